The van der Waals surface area contributed by atoms with Crippen molar-refractivity contribution in [3.05, 3.63) is 0 Å². The fraction of sp³-hybridized carbons (Fsp3) is 0.833. The predicted octanol–water partition coefficient (Wildman–Crippen LogP) is 2.18. The lowest BCUT2D eigenvalue weighted by Crippen LogP contribution is -2.32. The number of hydrogen-bond donors (Lipinski definition) is 2. The standard InChI is InChI=1S/C12H23NO3/c1-9(2)7-8-10(3)13-11(14)5-4-6-12(15)16/h9-10H,4-8H2,1-3H3,(H,13,14)(H,15,16). The molecule has 16 heavy (non-hydrogen) atoms. The van der Waals surface area contributed by atoms with Crippen LogP contribution in [0.5, 0.6) is 0 Å². The Morgan fingerprint density at radius 3 is 2.25 bits per heavy atom. The lowest BCUT2D eigenvalue weighted by Gasteiger charge is -2.14. The van der Waals surface area contributed by atoms with Crippen LogP contribution in [0.4, 0.5) is 0 Å². The molecule has 0 saturated carbocycles. The van der Waals surface area contributed by atoms with Crippen molar-refractivity contribution >= 4 is 11.9 Å². The molecule has 0 fully saturated rings. The number of carboxylic acids is 1. The van der Waals surface area contributed by atoms with E-state index in [1.807, 2.05) is 6.92 Å². The first-order valence-electron chi connectivity index (χ1n) is 5.93. The lowest BCUT2D eigenvalue weighted by atomic mass is 10.0. The molecule has 0 aliphatic carbocycles. The maximum absolute atomic E-state index is 11.4. The molecule has 2 N–H and O–H groups in total. The van der Waals surface area contributed by atoms with Crippen LogP contribution < -0.4 is 5.32 Å². The Hall–Kier alpha value is -1.06. The summed E-state index contributed by atoms with van der Waals surface area (Å²) in [4.78, 5) is 21.6. The van der Waals surface area contributed by atoms with Crippen LogP contribution in [0.25, 0.3) is 0 Å². The number of carbonyl (C=O) groups is 2. The van der Waals surface area contributed by atoms with Crippen molar-refractivity contribution in [3.8, 4) is 0 Å². The largest absolute Gasteiger partial charge is 0.481 e. The van der Waals surface area contributed by atoms with Gasteiger partial charge in [0, 0.05) is 18.9 Å². The molecule has 4 heteroatoms. The highest BCUT2D eigenvalue weighted by atomic mass is 16.4. The van der Waals surface area contributed by atoms with E-state index in [1.54, 1.807) is 0 Å². The van der Waals surface area contributed by atoms with E-state index in [1.165, 1.54) is 0 Å². The topological polar surface area (TPSA) is 66.4 Å². The minimum absolute atomic E-state index is 0.0440. The molecule has 94 valence electrons. The summed E-state index contributed by atoms with van der Waals surface area (Å²) in [6.07, 6.45) is 2.85. The van der Waals surface area contributed by atoms with E-state index >= 15 is 0 Å². The molecule has 1 atom stereocenters. The molecule has 4 nitrogen and oxygen atoms in total. The quantitative estimate of drug-likeness (QED) is 0.670. The van der Waals surface area contributed by atoms with Crippen LogP contribution in [0, 0.1) is 5.92 Å². The van der Waals surface area contributed by atoms with Crippen LogP contribution in [-0.4, -0.2) is 23.0 Å². The smallest absolute Gasteiger partial charge is 0.303 e. The Morgan fingerprint density at radius 1 is 1.12 bits per heavy atom. The zero-order chi connectivity index (χ0) is 12.6. The van der Waals surface area contributed by atoms with E-state index in [4.69, 9.17) is 5.11 Å². The monoisotopic (exact) mass is 229 g/mol. The third kappa shape index (κ3) is 9.49. The molecule has 0 bridgehead atoms. The van der Waals surface area contributed by atoms with Crippen LogP contribution in [-0.2, 0) is 9.59 Å². The first-order valence-corrected chi connectivity index (χ1v) is 5.93. The second-order valence-corrected chi connectivity index (χ2v) is 4.69. The van der Waals surface area contributed by atoms with Crippen molar-refractivity contribution in [2.75, 3.05) is 0 Å². The van der Waals surface area contributed by atoms with Gasteiger partial charge in [0.2, 0.25) is 5.91 Å². The van der Waals surface area contributed by atoms with Gasteiger partial charge in [-0.15, -0.1) is 0 Å². The van der Waals surface area contributed by atoms with Crippen LogP contribution in [0.2, 0.25) is 0 Å². The third-order valence-corrected chi connectivity index (χ3v) is 2.38. The van der Waals surface area contributed by atoms with Crippen molar-refractivity contribution in [2.24, 2.45) is 5.92 Å². The molecule has 0 heterocycles. The molecule has 0 spiro atoms. The number of carboxylic acid groups (broad SMARTS) is 1. The fourth-order valence-electron chi connectivity index (χ4n) is 1.40. The van der Waals surface area contributed by atoms with E-state index in [9.17, 15) is 9.59 Å². The molecular weight excluding hydrogens is 206 g/mol. The Morgan fingerprint density at radius 2 is 1.75 bits per heavy atom. The molecule has 0 aliphatic rings. The molecule has 0 rings (SSSR count). The van der Waals surface area contributed by atoms with Gasteiger partial charge in [-0.05, 0) is 32.1 Å². The number of nitrogens with one attached hydrogen (secondary N) is 1. The SMILES string of the molecule is CC(C)CCC(C)NC(=O)CCCC(=O)O. The van der Waals surface area contributed by atoms with Gasteiger partial charge in [0.25, 0.3) is 0 Å². The van der Waals surface area contributed by atoms with E-state index in [0.717, 1.165) is 12.8 Å². The van der Waals surface area contributed by atoms with E-state index in [-0.39, 0.29) is 18.4 Å². The first-order chi connectivity index (χ1) is 7.41. The van der Waals surface area contributed by atoms with Crippen molar-refractivity contribution in [3.63, 3.8) is 0 Å². The summed E-state index contributed by atoms with van der Waals surface area (Å²) >= 11 is 0. The highest BCUT2D eigenvalue weighted by molar-refractivity contribution is 5.76. The highest BCUT2D eigenvalue weighted by Gasteiger charge is 2.08. The highest BCUT2D eigenvalue weighted by Crippen LogP contribution is 2.06. The summed E-state index contributed by atoms with van der Waals surface area (Å²) in [5, 5.41) is 11.3. The van der Waals surface area contributed by atoms with Crippen LogP contribution in [0.3, 0.4) is 0 Å². The second-order valence-electron chi connectivity index (χ2n) is 4.69. The Bertz CT molecular complexity index is 226. The Labute approximate surface area is 97.4 Å². The first kappa shape index (κ1) is 14.9. The fourth-order valence-corrected chi connectivity index (χ4v) is 1.40. The minimum Gasteiger partial charge on any atom is -0.481 e. The van der Waals surface area contributed by atoms with E-state index in [0.29, 0.717) is 18.8 Å². The molecule has 1 unspecified atom stereocenters. The maximum atomic E-state index is 11.4. The zero-order valence-corrected chi connectivity index (χ0v) is 10.5. The molecule has 0 saturated heterocycles. The molecule has 0 radical (unpaired) electrons. The van der Waals surface area contributed by atoms with Crippen molar-refractivity contribution in [2.45, 2.75) is 58.9 Å². The van der Waals surface area contributed by atoms with Gasteiger partial charge >= 0.3 is 5.97 Å². The number of hydrogen-bond acceptors (Lipinski definition) is 2. The van der Waals surface area contributed by atoms with Gasteiger partial charge in [-0.3, -0.25) is 9.59 Å². The molecule has 0 aromatic rings. The number of rotatable bonds is 8. The summed E-state index contributed by atoms with van der Waals surface area (Å²) in [5.74, 6) is -0.246. The van der Waals surface area contributed by atoms with E-state index < -0.39 is 5.97 Å². The predicted molar refractivity (Wildman–Crippen MR) is 63.2 cm³/mol. The number of carbonyl (C=O) groups excluding carboxylic acids is 1. The average molecular weight is 229 g/mol. The number of amides is 1. The maximum Gasteiger partial charge on any atom is 0.303 e. The molecule has 0 aliphatic heterocycles. The normalized spacial score (nSPS) is 12.5. The van der Waals surface area contributed by atoms with Crippen LogP contribution in [0.15, 0.2) is 0 Å². The molecular formula is C12H23NO3. The van der Waals surface area contributed by atoms with Crippen molar-refractivity contribution in [1.29, 1.82) is 0 Å². The molecule has 1 amide bonds. The summed E-state index contributed by atoms with van der Waals surface area (Å²) in [5.41, 5.74) is 0. The van der Waals surface area contributed by atoms with Gasteiger partial charge in [0.15, 0.2) is 0 Å². The molecule has 0 aromatic carbocycles. The van der Waals surface area contributed by atoms with Gasteiger partial charge in [-0.1, -0.05) is 13.8 Å². The van der Waals surface area contributed by atoms with Crippen molar-refractivity contribution < 1.29 is 14.7 Å². The second kappa shape index (κ2) is 8.13. The summed E-state index contributed by atoms with van der Waals surface area (Å²) < 4.78 is 0. The van der Waals surface area contributed by atoms with Crippen LogP contribution >= 0.6 is 0 Å². The lowest BCUT2D eigenvalue weighted by molar-refractivity contribution is -0.137. The Kier molecular flexibility index (Phi) is 7.60. The Balaban J connectivity index is 3.58. The van der Waals surface area contributed by atoms with Gasteiger partial charge in [0.1, 0.15) is 0 Å². The average Bonchev–Trinajstić information content (AvgIpc) is 2.14. The molecule has 0 aromatic heterocycles. The summed E-state index contributed by atoms with van der Waals surface area (Å²) in [6, 6.07) is 0.180. The minimum atomic E-state index is -0.847. The zero-order valence-electron chi connectivity index (χ0n) is 10.5. The van der Waals surface area contributed by atoms with E-state index in [2.05, 4.69) is 19.2 Å². The summed E-state index contributed by atoms with van der Waals surface area (Å²) in [7, 11) is 0. The third-order valence-electron chi connectivity index (χ3n) is 2.38. The summed E-state index contributed by atoms with van der Waals surface area (Å²) in [6.45, 7) is 6.29. The number of aliphatic carboxylic acids is 1. The van der Waals surface area contributed by atoms with Gasteiger partial charge in [0.05, 0.1) is 0 Å². The van der Waals surface area contributed by atoms with Crippen molar-refractivity contribution in [1.82, 2.24) is 5.32 Å². The van der Waals surface area contributed by atoms with Gasteiger partial charge in [-0.2, -0.15) is 0 Å². The van der Waals surface area contributed by atoms with Gasteiger partial charge < -0.3 is 10.4 Å². The van der Waals surface area contributed by atoms with Crippen LogP contribution in [0.1, 0.15) is 52.9 Å². The van der Waals surface area contributed by atoms with Gasteiger partial charge in [-0.25, -0.2) is 0 Å².